The average Bonchev–Trinajstić information content (AvgIpc) is 2.81. The highest BCUT2D eigenvalue weighted by atomic mass is 35.5. The molecule has 160 valence electrons. The van der Waals surface area contributed by atoms with Crippen LogP contribution in [0, 0.1) is 0 Å². The molecule has 5 nitrogen and oxygen atoms in total. The van der Waals surface area contributed by atoms with Crippen molar-refractivity contribution in [1.82, 2.24) is 15.3 Å². The molecule has 3 aromatic rings. The summed E-state index contributed by atoms with van der Waals surface area (Å²) in [7, 11) is 0. The Morgan fingerprint density at radius 2 is 1.87 bits per heavy atom. The van der Waals surface area contributed by atoms with E-state index < -0.39 is 0 Å². The van der Waals surface area contributed by atoms with Crippen LogP contribution in [0.1, 0.15) is 30.4 Å². The second-order valence-corrected chi connectivity index (χ2v) is 8.67. The first-order valence-corrected chi connectivity index (χ1v) is 11.1. The summed E-state index contributed by atoms with van der Waals surface area (Å²) in [5.74, 6) is 0.778. The molecule has 0 saturated carbocycles. The zero-order chi connectivity index (χ0) is 21.7. The van der Waals surface area contributed by atoms with Crippen LogP contribution in [0.4, 0.5) is 5.82 Å². The third kappa shape index (κ3) is 5.06. The fourth-order valence-electron chi connectivity index (χ4n) is 4.14. The average molecular weight is 455 g/mol. The van der Waals surface area contributed by atoms with Crippen molar-refractivity contribution >= 4 is 34.9 Å². The molecule has 4 rings (SSSR count). The van der Waals surface area contributed by atoms with Crippen molar-refractivity contribution in [3.8, 4) is 0 Å². The standard InChI is InChI=1S/C24H24Cl2N4O/c25-20-5-4-19(15-21(20)26)24(10-14-28-16-18-7-12-27-13-8-18)9-6-23(31)30(17-24)22-3-1-2-11-29-22/h1-5,7-8,11-13,15,28H,6,9-10,14,16-17H2. The van der Waals surface area contributed by atoms with Crippen LogP contribution in [0.15, 0.2) is 67.1 Å². The van der Waals surface area contributed by atoms with E-state index in [-0.39, 0.29) is 11.3 Å². The number of carbonyl (C=O) groups excluding carboxylic acids is 1. The minimum atomic E-state index is -0.245. The van der Waals surface area contributed by atoms with Gasteiger partial charge in [0.05, 0.1) is 10.0 Å². The Morgan fingerprint density at radius 1 is 1.03 bits per heavy atom. The number of hydrogen-bond donors (Lipinski definition) is 1. The number of anilines is 1. The van der Waals surface area contributed by atoms with Gasteiger partial charge in [-0.3, -0.25) is 14.7 Å². The zero-order valence-electron chi connectivity index (χ0n) is 17.1. The maximum atomic E-state index is 12.8. The Morgan fingerprint density at radius 3 is 2.61 bits per heavy atom. The third-order valence-corrected chi connectivity index (χ3v) is 6.63. The first kappa shape index (κ1) is 21.8. The second kappa shape index (κ2) is 9.77. The predicted octanol–water partition coefficient (Wildman–Crippen LogP) is 5.03. The Kier molecular flexibility index (Phi) is 6.86. The van der Waals surface area contributed by atoms with Crippen molar-refractivity contribution in [2.24, 2.45) is 0 Å². The van der Waals surface area contributed by atoms with Gasteiger partial charge in [0, 0.05) is 43.5 Å². The number of aromatic nitrogens is 2. The van der Waals surface area contributed by atoms with E-state index in [1.165, 1.54) is 5.56 Å². The summed E-state index contributed by atoms with van der Waals surface area (Å²) in [6, 6.07) is 15.5. The monoisotopic (exact) mass is 454 g/mol. The fourth-order valence-corrected chi connectivity index (χ4v) is 4.44. The number of nitrogens with one attached hydrogen (secondary N) is 1. The molecular weight excluding hydrogens is 431 g/mol. The van der Waals surface area contributed by atoms with Crippen molar-refractivity contribution in [3.05, 3.63) is 88.3 Å². The molecule has 1 aliphatic heterocycles. The van der Waals surface area contributed by atoms with Gasteiger partial charge < -0.3 is 5.32 Å². The summed E-state index contributed by atoms with van der Waals surface area (Å²) in [4.78, 5) is 23.0. The molecule has 1 atom stereocenters. The van der Waals surface area contributed by atoms with Crippen LogP contribution in [0.2, 0.25) is 10.0 Å². The number of benzene rings is 1. The van der Waals surface area contributed by atoms with Gasteiger partial charge in [-0.25, -0.2) is 4.98 Å². The van der Waals surface area contributed by atoms with E-state index in [9.17, 15) is 4.79 Å². The molecule has 0 aliphatic carbocycles. The lowest BCUT2D eigenvalue weighted by Crippen LogP contribution is -2.50. The number of nitrogens with zero attached hydrogens (tertiary/aromatic N) is 3. The number of hydrogen-bond acceptors (Lipinski definition) is 4. The van der Waals surface area contributed by atoms with Crippen LogP contribution in [0.25, 0.3) is 0 Å². The molecule has 1 unspecified atom stereocenters. The number of carbonyl (C=O) groups is 1. The summed E-state index contributed by atoms with van der Waals surface area (Å²) in [6.07, 6.45) is 7.38. The summed E-state index contributed by atoms with van der Waals surface area (Å²) in [5, 5.41) is 4.59. The molecule has 2 aromatic heterocycles. The summed E-state index contributed by atoms with van der Waals surface area (Å²) < 4.78 is 0. The minimum Gasteiger partial charge on any atom is -0.313 e. The van der Waals surface area contributed by atoms with Crippen LogP contribution in [0.3, 0.4) is 0 Å². The van der Waals surface area contributed by atoms with Crippen molar-refractivity contribution in [3.63, 3.8) is 0 Å². The van der Waals surface area contributed by atoms with E-state index in [1.54, 1.807) is 23.5 Å². The van der Waals surface area contributed by atoms with E-state index in [0.717, 1.165) is 31.5 Å². The van der Waals surface area contributed by atoms with Gasteiger partial charge in [-0.1, -0.05) is 35.3 Å². The topological polar surface area (TPSA) is 58.1 Å². The molecule has 0 radical (unpaired) electrons. The van der Waals surface area contributed by atoms with Gasteiger partial charge in [-0.2, -0.15) is 0 Å². The van der Waals surface area contributed by atoms with Crippen LogP contribution < -0.4 is 10.2 Å². The van der Waals surface area contributed by atoms with Crippen molar-refractivity contribution in [2.75, 3.05) is 18.0 Å². The van der Waals surface area contributed by atoms with Crippen LogP contribution in [0.5, 0.6) is 0 Å². The maximum Gasteiger partial charge on any atom is 0.228 e. The van der Waals surface area contributed by atoms with Crippen LogP contribution >= 0.6 is 23.2 Å². The van der Waals surface area contributed by atoms with E-state index in [4.69, 9.17) is 23.2 Å². The largest absolute Gasteiger partial charge is 0.313 e. The molecule has 1 saturated heterocycles. The van der Waals surface area contributed by atoms with Gasteiger partial charge in [-0.05, 0) is 66.9 Å². The molecule has 0 bridgehead atoms. The molecule has 3 heterocycles. The lowest BCUT2D eigenvalue weighted by Gasteiger charge is -2.43. The highest BCUT2D eigenvalue weighted by Crippen LogP contribution is 2.40. The number of rotatable bonds is 7. The van der Waals surface area contributed by atoms with E-state index >= 15 is 0 Å². The summed E-state index contributed by atoms with van der Waals surface area (Å²) >= 11 is 12.6. The van der Waals surface area contributed by atoms with Gasteiger partial charge >= 0.3 is 0 Å². The Balaban J connectivity index is 1.57. The lowest BCUT2D eigenvalue weighted by molar-refractivity contribution is -0.120. The lowest BCUT2D eigenvalue weighted by atomic mass is 9.71. The number of piperidine rings is 1. The molecule has 1 N–H and O–H groups in total. The van der Waals surface area contributed by atoms with Crippen molar-refractivity contribution in [2.45, 2.75) is 31.2 Å². The highest BCUT2D eigenvalue weighted by Gasteiger charge is 2.41. The highest BCUT2D eigenvalue weighted by molar-refractivity contribution is 6.42. The van der Waals surface area contributed by atoms with Crippen LogP contribution in [-0.4, -0.2) is 29.0 Å². The van der Waals surface area contributed by atoms with Crippen LogP contribution in [-0.2, 0) is 16.8 Å². The molecule has 1 aromatic carbocycles. The van der Waals surface area contributed by atoms with Gasteiger partial charge in [0.2, 0.25) is 5.91 Å². The molecule has 1 aliphatic rings. The van der Waals surface area contributed by atoms with Gasteiger partial charge in [-0.15, -0.1) is 0 Å². The molecule has 1 fully saturated rings. The van der Waals surface area contributed by atoms with Crippen molar-refractivity contribution in [1.29, 1.82) is 0 Å². The molecular formula is C24H24Cl2N4O. The smallest absolute Gasteiger partial charge is 0.228 e. The van der Waals surface area contributed by atoms with Gasteiger partial charge in [0.15, 0.2) is 0 Å². The Bertz CT molecular complexity index is 1030. The number of pyridine rings is 2. The number of amides is 1. The molecule has 7 heteroatoms. The molecule has 1 amide bonds. The van der Waals surface area contributed by atoms with Crippen molar-refractivity contribution < 1.29 is 4.79 Å². The van der Waals surface area contributed by atoms with E-state index in [2.05, 4.69) is 15.3 Å². The SMILES string of the molecule is O=C1CCC(CCNCc2ccncc2)(c2ccc(Cl)c(Cl)c2)CN1c1ccccn1. The van der Waals surface area contributed by atoms with Gasteiger partial charge in [0.1, 0.15) is 5.82 Å². The van der Waals surface area contributed by atoms with E-state index in [1.807, 2.05) is 48.5 Å². The number of halogens is 2. The fraction of sp³-hybridized carbons (Fsp3) is 0.292. The first-order valence-electron chi connectivity index (χ1n) is 10.3. The Hall–Kier alpha value is -2.47. The molecule has 0 spiro atoms. The molecule has 31 heavy (non-hydrogen) atoms. The summed E-state index contributed by atoms with van der Waals surface area (Å²) in [6.45, 7) is 2.12. The second-order valence-electron chi connectivity index (χ2n) is 7.86. The predicted molar refractivity (Wildman–Crippen MR) is 125 cm³/mol. The minimum absolute atomic E-state index is 0.0964. The van der Waals surface area contributed by atoms with Gasteiger partial charge in [0.25, 0.3) is 0 Å². The Labute approximate surface area is 192 Å². The summed E-state index contributed by atoms with van der Waals surface area (Å²) in [5.41, 5.74) is 2.04. The van der Waals surface area contributed by atoms with E-state index in [0.29, 0.717) is 28.8 Å². The zero-order valence-corrected chi connectivity index (χ0v) is 18.6. The quantitative estimate of drug-likeness (QED) is 0.508. The normalized spacial score (nSPS) is 18.9. The maximum absolute atomic E-state index is 12.8. The third-order valence-electron chi connectivity index (χ3n) is 5.90. The first-order chi connectivity index (χ1) is 15.1.